The molecule has 0 amide bonds. The van der Waals surface area contributed by atoms with Gasteiger partial charge in [-0.1, -0.05) is 6.07 Å². The topological polar surface area (TPSA) is 149 Å². The molecule has 4 aliphatic heterocycles. The zero-order chi connectivity index (χ0) is 25.1. The lowest BCUT2D eigenvalue weighted by Gasteiger charge is -2.31. The van der Waals surface area contributed by atoms with E-state index in [1.54, 1.807) is 0 Å². The first kappa shape index (κ1) is 23.6. The number of cyclic esters (lactones) is 8. The molecule has 0 aliphatic carbocycles. The Labute approximate surface area is 204 Å². The molecule has 1 aromatic carbocycles. The summed E-state index contributed by atoms with van der Waals surface area (Å²) in [5, 5.41) is 0. The number of rotatable bonds is 10. The fraction of sp³-hybridized carbons (Fsp3) is 0.545. The van der Waals surface area contributed by atoms with E-state index in [1.807, 2.05) is 34.1 Å². The molecule has 4 atom stereocenters. The highest BCUT2D eigenvalue weighted by molar-refractivity contribution is 5.65. The van der Waals surface area contributed by atoms with Crippen molar-refractivity contribution < 1.29 is 57.1 Å². The van der Waals surface area contributed by atoms with E-state index in [4.69, 9.17) is 37.9 Å². The molecule has 0 radical (unpaired) electrons. The first-order valence-corrected chi connectivity index (χ1v) is 11.3. The van der Waals surface area contributed by atoms with Crippen LogP contribution in [0.1, 0.15) is 0 Å². The molecule has 4 heterocycles. The Morgan fingerprint density at radius 3 is 1.11 bits per heavy atom. The second-order valence-corrected chi connectivity index (χ2v) is 8.53. The van der Waals surface area contributed by atoms with Crippen molar-refractivity contribution in [1.29, 1.82) is 0 Å². The van der Waals surface area contributed by atoms with Crippen LogP contribution in [0.2, 0.25) is 0 Å². The maximum absolute atomic E-state index is 11.4. The zero-order valence-electron chi connectivity index (χ0n) is 19.1. The highest BCUT2D eigenvalue weighted by Gasteiger charge is 2.34. The summed E-state index contributed by atoms with van der Waals surface area (Å²) in [6.07, 6.45) is -5.01. The Hall–Kier alpha value is -4.10. The Morgan fingerprint density at radius 1 is 0.556 bits per heavy atom. The fourth-order valence-corrected chi connectivity index (χ4v) is 4.26. The smallest absolute Gasteiger partial charge is 0.430 e. The van der Waals surface area contributed by atoms with E-state index in [0.717, 1.165) is 11.4 Å². The second kappa shape index (κ2) is 10.3. The standard InChI is InChI=1S/C22H24N2O12/c25-19-29-9-15(33-19)5-23(6-16-10-30-20(26)34-16)13-2-1-3-14(4-13)24(7-17-11-31-21(27)35-17)8-18-12-32-22(28)36-18/h1-4,15-18H,5-12H2. The Morgan fingerprint density at radius 2 is 0.861 bits per heavy atom. The molecule has 4 fully saturated rings. The van der Waals surface area contributed by atoms with Gasteiger partial charge in [-0.15, -0.1) is 0 Å². The first-order chi connectivity index (χ1) is 17.4. The summed E-state index contributed by atoms with van der Waals surface area (Å²) >= 11 is 0. The van der Waals surface area contributed by atoms with E-state index in [-0.39, 0.29) is 52.6 Å². The number of ether oxygens (including phenoxy) is 8. The van der Waals surface area contributed by atoms with Crippen LogP contribution in [0.25, 0.3) is 0 Å². The molecule has 0 aromatic heterocycles. The molecule has 14 nitrogen and oxygen atoms in total. The number of hydrogen-bond acceptors (Lipinski definition) is 14. The monoisotopic (exact) mass is 508 g/mol. The van der Waals surface area contributed by atoms with Gasteiger partial charge in [0, 0.05) is 11.4 Å². The summed E-state index contributed by atoms with van der Waals surface area (Å²) in [5.74, 6) is 0. The Balaban J connectivity index is 1.36. The molecule has 4 unspecified atom stereocenters. The van der Waals surface area contributed by atoms with E-state index < -0.39 is 49.0 Å². The van der Waals surface area contributed by atoms with Crippen LogP contribution in [-0.4, -0.2) is 102 Å². The number of nitrogens with zero attached hydrogens (tertiary/aromatic N) is 2. The molecule has 4 aliphatic rings. The molecule has 36 heavy (non-hydrogen) atoms. The van der Waals surface area contributed by atoms with Crippen molar-refractivity contribution >= 4 is 36.0 Å². The summed E-state index contributed by atoms with van der Waals surface area (Å²) < 4.78 is 40.4. The van der Waals surface area contributed by atoms with E-state index in [9.17, 15) is 19.2 Å². The van der Waals surface area contributed by atoms with Gasteiger partial charge >= 0.3 is 24.6 Å². The van der Waals surface area contributed by atoms with Gasteiger partial charge in [0.2, 0.25) is 0 Å². The van der Waals surface area contributed by atoms with Gasteiger partial charge in [-0.2, -0.15) is 0 Å². The van der Waals surface area contributed by atoms with Crippen molar-refractivity contribution in [3.8, 4) is 0 Å². The van der Waals surface area contributed by atoms with Crippen LogP contribution < -0.4 is 9.80 Å². The predicted molar refractivity (Wildman–Crippen MR) is 116 cm³/mol. The third-order valence-electron chi connectivity index (χ3n) is 5.86. The molecule has 0 saturated carbocycles. The van der Waals surface area contributed by atoms with Gasteiger partial charge in [0.1, 0.15) is 26.4 Å². The quantitative estimate of drug-likeness (QED) is 0.331. The number of carbonyl (C=O) groups excluding carboxylic acids is 4. The van der Waals surface area contributed by atoms with Crippen molar-refractivity contribution in [1.82, 2.24) is 0 Å². The number of anilines is 2. The summed E-state index contributed by atoms with van der Waals surface area (Å²) in [5.41, 5.74) is 1.48. The van der Waals surface area contributed by atoms with Gasteiger partial charge in [0.15, 0.2) is 24.4 Å². The molecule has 1 aromatic rings. The number of hydrogen-bond donors (Lipinski definition) is 0. The minimum Gasteiger partial charge on any atom is -0.430 e. The van der Waals surface area contributed by atoms with Crippen LogP contribution in [0.3, 0.4) is 0 Å². The molecular weight excluding hydrogens is 484 g/mol. The molecule has 0 spiro atoms. The van der Waals surface area contributed by atoms with E-state index in [2.05, 4.69) is 0 Å². The minimum atomic E-state index is -0.739. The summed E-state index contributed by atoms with van der Waals surface area (Å²) in [6, 6.07) is 7.42. The average molecular weight is 508 g/mol. The third-order valence-corrected chi connectivity index (χ3v) is 5.86. The molecule has 14 heteroatoms. The lowest BCUT2D eigenvalue weighted by atomic mass is 10.1. The van der Waals surface area contributed by atoms with Gasteiger partial charge in [-0.3, -0.25) is 0 Å². The van der Waals surface area contributed by atoms with Gasteiger partial charge in [0.05, 0.1) is 26.2 Å². The summed E-state index contributed by atoms with van der Waals surface area (Å²) in [7, 11) is 0. The van der Waals surface area contributed by atoms with Crippen LogP contribution in [0, 0.1) is 0 Å². The fourth-order valence-electron chi connectivity index (χ4n) is 4.26. The van der Waals surface area contributed by atoms with Gasteiger partial charge in [0.25, 0.3) is 0 Å². The van der Waals surface area contributed by atoms with Gasteiger partial charge < -0.3 is 47.7 Å². The number of carbonyl (C=O) groups is 4. The summed E-state index contributed by atoms with van der Waals surface area (Å²) in [4.78, 5) is 49.5. The third kappa shape index (κ3) is 5.75. The number of benzene rings is 1. The minimum absolute atomic E-state index is 0.0994. The van der Waals surface area contributed by atoms with E-state index in [0.29, 0.717) is 0 Å². The van der Waals surface area contributed by atoms with E-state index >= 15 is 0 Å². The highest BCUT2D eigenvalue weighted by atomic mass is 16.8. The Bertz CT molecular complexity index is 887. The van der Waals surface area contributed by atoms with Crippen LogP contribution >= 0.6 is 0 Å². The maximum atomic E-state index is 11.4. The summed E-state index contributed by atoms with van der Waals surface area (Å²) in [6.45, 7) is 1.53. The average Bonchev–Trinajstić information content (AvgIpc) is 3.64. The highest BCUT2D eigenvalue weighted by Crippen LogP contribution is 2.27. The van der Waals surface area contributed by atoms with Gasteiger partial charge in [-0.25, -0.2) is 19.2 Å². The van der Waals surface area contributed by atoms with Crippen molar-refractivity contribution in [2.24, 2.45) is 0 Å². The Kier molecular flexibility index (Phi) is 6.73. The molecule has 0 bridgehead atoms. The van der Waals surface area contributed by atoms with Crippen LogP contribution in [0.15, 0.2) is 24.3 Å². The maximum Gasteiger partial charge on any atom is 0.508 e. The lowest BCUT2D eigenvalue weighted by Crippen LogP contribution is -2.41. The van der Waals surface area contributed by atoms with Gasteiger partial charge in [-0.05, 0) is 18.2 Å². The van der Waals surface area contributed by atoms with Crippen molar-refractivity contribution in [2.75, 3.05) is 62.4 Å². The van der Waals surface area contributed by atoms with E-state index in [1.165, 1.54) is 0 Å². The predicted octanol–water partition coefficient (Wildman–Crippen LogP) is 1.44. The SMILES string of the molecule is O=C1OCC(CN(CC2COC(=O)O2)c2cccc(N(CC3COC(=O)O3)CC3COC(=O)O3)c2)O1. The lowest BCUT2D eigenvalue weighted by molar-refractivity contribution is 0.113. The first-order valence-electron chi connectivity index (χ1n) is 11.3. The van der Waals surface area contributed by atoms with Crippen LogP contribution in [-0.2, 0) is 37.9 Å². The van der Waals surface area contributed by atoms with Crippen molar-refractivity contribution in [3.63, 3.8) is 0 Å². The zero-order valence-corrected chi connectivity index (χ0v) is 19.1. The van der Waals surface area contributed by atoms with Crippen LogP contribution in [0.4, 0.5) is 30.6 Å². The molecule has 0 N–H and O–H groups in total. The van der Waals surface area contributed by atoms with Crippen LogP contribution in [0.5, 0.6) is 0 Å². The van der Waals surface area contributed by atoms with Crippen molar-refractivity contribution in [2.45, 2.75) is 24.4 Å². The molecule has 5 rings (SSSR count). The molecular formula is C22H24N2O12. The largest absolute Gasteiger partial charge is 0.508 e. The second-order valence-electron chi connectivity index (χ2n) is 8.53. The van der Waals surface area contributed by atoms with Crippen molar-refractivity contribution in [3.05, 3.63) is 24.3 Å². The molecule has 194 valence electrons. The normalized spacial score (nSPS) is 26.7. The molecule has 4 saturated heterocycles.